The number of sulfonamides is 1. The summed E-state index contributed by atoms with van der Waals surface area (Å²) in [5.41, 5.74) is 0.828. The van der Waals surface area contributed by atoms with E-state index in [2.05, 4.69) is 12.2 Å². The Morgan fingerprint density at radius 1 is 1.10 bits per heavy atom. The summed E-state index contributed by atoms with van der Waals surface area (Å²) in [5.74, 6) is -1.23. The second kappa shape index (κ2) is 8.34. The minimum Gasteiger partial charge on any atom is -0.478 e. The van der Waals surface area contributed by atoms with E-state index in [1.807, 2.05) is 0 Å². The third kappa shape index (κ3) is 4.49. The van der Waals surface area contributed by atoms with E-state index in [0.717, 1.165) is 12.8 Å². The number of nitrogens with one attached hydrogen (secondary N) is 1. The summed E-state index contributed by atoms with van der Waals surface area (Å²) in [6.45, 7) is 4.73. The topological polar surface area (TPSA) is 104 Å². The van der Waals surface area contributed by atoms with Crippen LogP contribution in [-0.4, -0.2) is 42.8 Å². The number of carbonyl (C=O) groups excluding carboxylic acids is 1. The van der Waals surface area contributed by atoms with Gasteiger partial charge in [0.1, 0.15) is 0 Å². The molecular weight excluding hydrogens is 392 g/mol. The first-order valence-electron chi connectivity index (χ1n) is 9.44. The molecule has 0 radical (unpaired) electrons. The number of benzene rings is 2. The van der Waals surface area contributed by atoms with Gasteiger partial charge in [0, 0.05) is 18.7 Å². The molecule has 1 aliphatic rings. The van der Waals surface area contributed by atoms with Crippen molar-refractivity contribution in [3.05, 3.63) is 59.2 Å². The molecule has 2 N–H and O–H groups in total. The van der Waals surface area contributed by atoms with Gasteiger partial charge in [0.25, 0.3) is 5.91 Å². The van der Waals surface area contributed by atoms with Gasteiger partial charge in [0.05, 0.1) is 16.1 Å². The monoisotopic (exact) mass is 416 g/mol. The standard InChI is InChI=1S/C21H24N2O5S/c1-14-9-11-23(12-10-14)29(27,28)19-13-16(8-7-15(19)2)20(24)22-18-6-4-3-5-17(18)21(25)26/h3-8,13-14H,9-12H2,1-2H3,(H,22,24)(H,25,26). The largest absolute Gasteiger partial charge is 0.478 e. The molecule has 3 rings (SSSR count). The maximum Gasteiger partial charge on any atom is 0.337 e. The van der Waals surface area contributed by atoms with Crippen molar-refractivity contribution in [2.24, 2.45) is 5.92 Å². The van der Waals surface area contributed by atoms with Crippen LogP contribution in [0.1, 0.15) is 46.0 Å². The Labute approximate surface area is 170 Å². The van der Waals surface area contributed by atoms with Crippen molar-refractivity contribution in [2.75, 3.05) is 18.4 Å². The summed E-state index contributed by atoms with van der Waals surface area (Å²) < 4.78 is 27.7. The van der Waals surface area contributed by atoms with E-state index in [0.29, 0.717) is 24.6 Å². The molecule has 0 saturated carbocycles. The molecule has 0 spiro atoms. The maximum atomic E-state index is 13.1. The number of carbonyl (C=O) groups is 2. The summed E-state index contributed by atoms with van der Waals surface area (Å²) >= 11 is 0. The third-order valence-corrected chi connectivity index (χ3v) is 7.26. The fourth-order valence-electron chi connectivity index (χ4n) is 3.36. The van der Waals surface area contributed by atoms with Gasteiger partial charge in [-0.1, -0.05) is 25.1 Å². The second-order valence-corrected chi connectivity index (χ2v) is 9.28. The normalized spacial score (nSPS) is 15.8. The van der Waals surface area contributed by atoms with Gasteiger partial charge in [0.15, 0.2) is 0 Å². The van der Waals surface area contributed by atoms with Crippen LogP contribution in [0.4, 0.5) is 5.69 Å². The Bertz CT molecular complexity index is 1040. The van der Waals surface area contributed by atoms with E-state index < -0.39 is 21.9 Å². The number of anilines is 1. The number of piperidine rings is 1. The predicted molar refractivity (Wildman–Crippen MR) is 110 cm³/mol. The Balaban J connectivity index is 1.89. The quantitative estimate of drug-likeness (QED) is 0.778. The zero-order valence-electron chi connectivity index (χ0n) is 16.4. The summed E-state index contributed by atoms with van der Waals surface area (Å²) in [6.07, 6.45) is 1.62. The van der Waals surface area contributed by atoms with Gasteiger partial charge in [0.2, 0.25) is 10.0 Å². The van der Waals surface area contributed by atoms with E-state index in [1.165, 1.54) is 28.6 Å². The summed E-state index contributed by atoms with van der Waals surface area (Å²) in [5, 5.41) is 11.8. The lowest BCUT2D eigenvalue weighted by Crippen LogP contribution is -2.38. The third-order valence-electron chi connectivity index (χ3n) is 5.22. The van der Waals surface area contributed by atoms with Crippen LogP contribution in [0.15, 0.2) is 47.4 Å². The van der Waals surface area contributed by atoms with Crippen molar-refractivity contribution < 1.29 is 23.1 Å². The number of amides is 1. The minimum absolute atomic E-state index is 0.0387. The molecule has 0 aromatic heterocycles. The van der Waals surface area contributed by atoms with Crippen molar-refractivity contribution in [1.82, 2.24) is 4.31 Å². The molecule has 2 aromatic carbocycles. The molecule has 1 amide bonds. The number of aromatic carboxylic acids is 1. The molecule has 0 unspecified atom stereocenters. The molecule has 1 saturated heterocycles. The number of carboxylic acid groups (broad SMARTS) is 1. The van der Waals surface area contributed by atoms with E-state index in [1.54, 1.807) is 25.1 Å². The smallest absolute Gasteiger partial charge is 0.337 e. The van der Waals surface area contributed by atoms with E-state index in [4.69, 9.17) is 0 Å². The van der Waals surface area contributed by atoms with Crippen molar-refractivity contribution in [3.8, 4) is 0 Å². The van der Waals surface area contributed by atoms with Gasteiger partial charge in [-0.2, -0.15) is 4.31 Å². The van der Waals surface area contributed by atoms with Gasteiger partial charge >= 0.3 is 5.97 Å². The number of carboxylic acids is 1. The molecule has 2 aromatic rings. The van der Waals surface area contributed by atoms with Crippen LogP contribution in [0.25, 0.3) is 0 Å². The molecular formula is C21H24N2O5S. The highest BCUT2D eigenvalue weighted by molar-refractivity contribution is 7.89. The average molecular weight is 416 g/mol. The van der Waals surface area contributed by atoms with E-state index in [-0.39, 0.29) is 21.7 Å². The van der Waals surface area contributed by atoms with E-state index >= 15 is 0 Å². The minimum atomic E-state index is -3.71. The number of nitrogens with zero attached hydrogens (tertiary/aromatic N) is 1. The van der Waals surface area contributed by atoms with Crippen molar-refractivity contribution in [3.63, 3.8) is 0 Å². The van der Waals surface area contributed by atoms with Crippen LogP contribution in [0, 0.1) is 12.8 Å². The number of para-hydroxylation sites is 1. The molecule has 8 heteroatoms. The Morgan fingerprint density at radius 2 is 1.76 bits per heavy atom. The van der Waals surface area contributed by atoms with Crippen LogP contribution in [0.2, 0.25) is 0 Å². The predicted octanol–water partition coefficient (Wildman–Crippen LogP) is 3.37. The first-order valence-corrected chi connectivity index (χ1v) is 10.9. The zero-order valence-corrected chi connectivity index (χ0v) is 17.2. The van der Waals surface area contributed by atoms with Gasteiger partial charge < -0.3 is 10.4 Å². The maximum absolute atomic E-state index is 13.1. The summed E-state index contributed by atoms with van der Waals surface area (Å²) in [6, 6.07) is 10.5. The van der Waals surface area contributed by atoms with Crippen LogP contribution in [0.5, 0.6) is 0 Å². The second-order valence-electron chi connectivity index (χ2n) is 7.37. The zero-order chi connectivity index (χ0) is 21.2. The molecule has 0 aliphatic carbocycles. The Kier molecular flexibility index (Phi) is 6.04. The summed E-state index contributed by atoms with van der Waals surface area (Å²) in [4.78, 5) is 24.1. The fraction of sp³-hybridized carbons (Fsp3) is 0.333. The molecule has 29 heavy (non-hydrogen) atoms. The molecule has 7 nitrogen and oxygen atoms in total. The molecule has 1 heterocycles. The van der Waals surface area contributed by atoms with Gasteiger partial charge in [-0.3, -0.25) is 4.79 Å². The lowest BCUT2D eigenvalue weighted by Gasteiger charge is -2.30. The Hall–Kier alpha value is -2.71. The van der Waals surface area contributed by atoms with Crippen molar-refractivity contribution in [2.45, 2.75) is 31.6 Å². The first-order chi connectivity index (χ1) is 13.7. The lowest BCUT2D eigenvalue weighted by molar-refractivity contribution is 0.0698. The molecule has 0 atom stereocenters. The number of hydrogen-bond acceptors (Lipinski definition) is 4. The van der Waals surface area contributed by atoms with Crippen molar-refractivity contribution in [1.29, 1.82) is 0 Å². The van der Waals surface area contributed by atoms with Crippen LogP contribution < -0.4 is 5.32 Å². The van der Waals surface area contributed by atoms with Gasteiger partial charge in [-0.25, -0.2) is 13.2 Å². The number of aryl methyl sites for hydroxylation is 1. The molecule has 0 bridgehead atoms. The molecule has 1 fully saturated rings. The highest BCUT2D eigenvalue weighted by Gasteiger charge is 2.30. The SMILES string of the molecule is Cc1ccc(C(=O)Nc2ccccc2C(=O)O)cc1S(=O)(=O)N1CCC(C)CC1. The van der Waals surface area contributed by atoms with Crippen LogP contribution >= 0.6 is 0 Å². The lowest BCUT2D eigenvalue weighted by atomic mass is 10.0. The van der Waals surface area contributed by atoms with Gasteiger partial charge in [-0.15, -0.1) is 0 Å². The summed E-state index contributed by atoms with van der Waals surface area (Å²) in [7, 11) is -3.71. The first kappa shape index (κ1) is 21.0. The molecule has 1 aliphatic heterocycles. The highest BCUT2D eigenvalue weighted by atomic mass is 32.2. The highest BCUT2D eigenvalue weighted by Crippen LogP contribution is 2.26. The number of rotatable bonds is 5. The van der Waals surface area contributed by atoms with Crippen molar-refractivity contribution >= 4 is 27.6 Å². The van der Waals surface area contributed by atoms with E-state index in [9.17, 15) is 23.1 Å². The fourth-order valence-corrected chi connectivity index (χ4v) is 5.08. The Morgan fingerprint density at radius 3 is 2.41 bits per heavy atom. The van der Waals surface area contributed by atoms with Crippen LogP contribution in [0.3, 0.4) is 0 Å². The van der Waals surface area contributed by atoms with Crippen LogP contribution in [-0.2, 0) is 10.0 Å². The molecule has 154 valence electrons. The number of hydrogen-bond donors (Lipinski definition) is 2. The average Bonchev–Trinajstić information content (AvgIpc) is 2.68. The van der Waals surface area contributed by atoms with Gasteiger partial charge in [-0.05, 0) is 55.5 Å².